The van der Waals surface area contributed by atoms with Crippen molar-refractivity contribution < 1.29 is 4.74 Å². The maximum atomic E-state index is 6.45. The molecule has 0 bridgehead atoms. The van der Waals surface area contributed by atoms with E-state index in [0.29, 0.717) is 17.7 Å². The summed E-state index contributed by atoms with van der Waals surface area (Å²) in [5, 5.41) is 0. The van der Waals surface area contributed by atoms with Gasteiger partial charge in [-0.1, -0.05) is 19.8 Å². The molecule has 0 amide bonds. The van der Waals surface area contributed by atoms with Crippen molar-refractivity contribution in [3.8, 4) is 0 Å². The average Bonchev–Trinajstić information content (AvgIpc) is 3.13. The van der Waals surface area contributed by atoms with Crippen LogP contribution in [-0.2, 0) is 4.74 Å². The zero-order valence-electron chi connectivity index (χ0n) is 13.7. The molecule has 3 fully saturated rings. The number of hydrogen-bond donors (Lipinski definition) is 1. The largest absolute Gasteiger partial charge is 0.370 e. The van der Waals surface area contributed by atoms with Gasteiger partial charge in [-0.15, -0.1) is 0 Å². The Morgan fingerprint density at radius 3 is 2.48 bits per heavy atom. The lowest BCUT2D eigenvalue weighted by Crippen LogP contribution is -2.53. The van der Waals surface area contributed by atoms with Gasteiger partial charge >= 0.3 is 0 Å². The predicted molar refractivity (Wildman–Crippen MR) is 86.5 cm³/mol. The van der Waals surface area contributed by atoms with E-state index in [1.807, 2.05) is 0 Å². The normalized spacial score (nSPS) is 32.0. The van der Waals surface area contributed by atoms with E-state index in [4.69, 9.17) is 10.5 Å². The quantitative estimate of drug-likeness (QED) is 0.840. The molecule has 1 aliphatic carbocycles. The SMILES string of the molecule is CCC(CN)N1CCN(CC2CCC3(CCCC3)O2)CC1. The summed E-state index contributed by atoms with van der Waals surface area (Å²) < 4.78 is 6.45. The molecule has 2 aliphatic heterocycles. The van der Waals surface area contributed by atoms with Crippen molar-refractivity contribution >= 4 is 0 Å². The Labute approximate surface area is 130 Å². The average molecular weight is 295 g/mol. The number of nitrogens with two attached hydrogens (primary N) is 1. The molecular formula is C17H33N3O. The highest BCUT2D eigenvalue weighted by atomic mass is 16.5. The van der Waals surface area contributed by atoms with E-state index in [0.717, 1.165) is 13.1 Å². The monoisotopic (exact) mass is 295 g/mol. The Kier molecular flexibility index (Phi) is 5.20. The minimum atomic E-state index is 0.291. The third-order valence-electron chi connectivity index (χ3n) is 5.98. The van der Waals surface area contributed by atoms with E-state index in [2.05, 4.69) is 16.7 Å². The summed E-state index contributed by atoms with van der Waals surface area (Å²) in [6.45, 7) is 8.91. The van der Waals surface area contributed by atoms with Gasteiger partial charge in [0, 0.05) is 45.3 Å². The molecule has 4 nitrogen and oxygen atoms in total. The topological polar surface area (TPSA) is 41.7 Å². The summed E-state index contributed by atoms with van der Waals surface area (Å²) >= 11 is 0. The van der Waals surface area contributed by atoms with Crippen molar-refractivity contribution in [1.82, 2.24) is 9.80 Å². The van der Waals surface area contributed by atoms with Gasteiger partial charge in [-0.2, -0.15) is 0 Å². The first kappa shape index (κ1) is 15.7. The lowest BCUT2D eigenvalue weighted by Gasteiger charge is -2.39. The summed E-state index contributed by atoms with van der Waals surface area (Å²) in [4.78, 5) is 5.18. The van der Waals surface area contributed by atoms with Gasteiger partial charge in [-0.25, -0.2) is 0 Å². The molecule has 1 spiro atoms. The van der Waals surface area contributed by atoms with Crippen LogP contribution in [0.5, 0.6) is 0 Å². The maximum Gasteiger partial charge on any atom is 0.0710 e. The van der Waals surface area contributed by atoms with Crippen molar-refractivity contribution in [1.29, 1.82) is 0 Å². The molecule has 122 valence electrons. The second kappa shape index (κ2) is 6.95. The Morgan fingerprint density at radius 1 is 1.14 bits per heavy atom. The fourth-order valence-corrected chi connectivity index (χ4v) is 4.58. The van der Waals surface area contributed by atoms with Crippen molar-refractivity contribution in [2.75, 3.05) is 39.3 Å². The van der Waals surface area contributed by atoms with Crippen LogP contribution in [0.4, 0.5) is 0 Å². The van der Waals surface area contributed by atoms with Crippen LogP contribution in [0.1, 0.15) is 51.9 Å². The number of piperazine rings is 1. The summed E-state index contributed by atoms with van der Waals surface area (Å²) in [5.41, 5.74) is 6.16. The Bertz CT molecular complexity index is 318. The van der Waals surface area contributed by atoms with E-state index in [9.17, 15) is 0 Å². The number of ether oxygens (including phenoxy) is 1. The minimum absolute atomic E-state index is 0.291. The Balaban J connectivity index is 1.42. The molecule has 0 aromatic heterocycles. The van der Waals surface area contributed by atoms with Crippen LogP contribution >= 0.6 is 0 Å². The third kappa shape index (κ3) is 3.61. The second-order valence-electron chi connectivity index (χ2n) is 7.30. The van der Waals surface area contributed by atoms with E-state index in [-0.39, 0.29) is 0 Å². The third-order valence-corrected chi connectivity index (χ3v) is 5.98. The predicted octanol–water partition coefficient (Wildman–Crippen LogP) is 1.83. The summed E-state index contributed by atoms with van der Waals surface area (Å²) in [7, 11) is 0. The molecular weight excluding hydrogens is 262 g/mol. The molecule has 21 heavy (non-hydrogen) atoms. The van der Waals surface area contributed by atoms with E-state index < -0.39 is 0 Å². The van der Waals surface area contributed by atoms with E-state index >= 15 is 0 Å². The highest BCUT2D eigenvalue weighted by molar-refractivity contribution is 4.94. The highest BCUT2D eigenvalue weighted by Gasteiger charge is 2.42. The zero-order chi connectivity index (χ0) is 14.7. The molecule has 3 rings (SSSR count). The molecule has 4 heteroatoms. The van der Waals surface area contributed by atoms with Crippen molar-refractivity contribution in [2.45, 2.75) is 69.6 Å². The molecule has 0 aromatic rings. The van der Waals surface area contributed by atoms with Gasteiger partial charge in [0.1, 0.15) is 0 Å². The maximum absolute atomic E-state index is 6.45. The number of rotatable bonds is 5. The molecule has 2 saturated heterocycles. The number of hydrogen-bond acceptors (Lipinski definition) is 4. The summed E-state index contributed by atoms with van der Waals surface area (Å²) in [5.74, 6) is 0. The highest BCUT2D eigenvalue weighted by Crippen LogP contribution is 2.43. The molecule has 0 aromatic carbocycles. The molecule has 0 radical (unpaired) electrons. The second-order valence-corrected chi connectivity index (χ2v) is 7.30. The van der Waals surface area contributed by atoms with Gasteiger partial charge in [-0.05, 0) is 32.1 Å². The van der Waals surface area contributed by atoms with Gasteiger partial charge in [0.25, 0.3) is 0 Å². The molecule has 1 saturated carbocycles. The fourth-order valence-electron chi connectivity index (χ4n) is 4.58. The first-order valence-corrected chi connectivity index (χ1v) is 9.09. The smallest absolute Gasteiger partial charge is 0.0710 e. The molecule has 2 atom stereocenters. The lowest BCUT2D eigenvalue weighted by atomic mass is 9.98. The van der Waals surface area contributed by atoms with Crippen LogP contribution in [0.15, 0.2) is 0 Å². The van der Waals surface area contributed by atoms with Gasteiger partial charge in [-0.3, -0.25) is 9.80 Å². The van der Waals surface area contributed by atoms with Crippen LogP contribution in [0.2, 0.25) is 0 Å². The van der Waals surface area contributed by atoms with Gasteiger partial charge in [0.15, 0.2) is 0 Å². The summed E-state index contributed by atoms with van der Waals surface area (Å²) in [6.07, 6.45) is 9.63. The van der Waals surface area contributed by atoms with Crippen LogP contribution in [0.3, 0.4) is 0 Å². The van der Waals surface area contributed by atoms with Crippen molar-refractivity contribution in [3.05, 3.63) is 0 Å². The zero-order valence-corrected chi connectivity index (χ0v) is 13.7. The first-order chi connectivity index (χ1) is 10.2. The van der Waals surface area contributed by atoms with Crippen LogP contribution < -0.4 is 5.73 Å². The van der Waals surface area contributed by atoms with E-state index in [1.165, 1.54) is 71.1 Å². The van der Waals surface area contributed by atoms with Crippen molar-refractivity contribution in [3.63, 3.8) is 0 Å². The molecule has 2 unspecified atom stereocenters. The minimum Gasteiger partial charge on any atom is -0.370 e. The number of nitrogens with zero attached hydrogens (tertiary/aromatic N) is 2. The molecule has 2 heterocycles. The van der Waals surface area contributed by atoms with E-state index in [1.54, 1.807) is 0 Å². The Hall–Kier alpha value is -0.160. The fraction of sp³-hybridized carbons (Fsp3) is 1.00. The standard InChI is InChI=1S/C17H33N3O/c1-2-15(13-18)20-11-9-19(10-12-20)14-16-5-8-17(21-16)6-3-4-7-17/h15-16H,2-14,18H2,1H3. The van der Waals surface area contributed by atoms with Gasteiger partial charge in [0.05, 0.1) is 11.7 Å². The van der Waals surface area contributed by atoms with Crippen molar-refractivity contribution in [2.24, 2.45) is 5.73 Å². The molecule has 3 aliphatic rings. The van der Waals surface area contributed by atoms with Gasteiger partial charge in [0.2, 0.25) is 0 Å². The van der Waals surface area contributed by atoms with Crippen LogP contribution in [0.25, 0.3) is 0 Å². The molecule has 2 N–H and O–H groups in total. The van der Waals surface area contributed by atoms with Crippen LogP contribution in [-0.4, -0.2) is 66.8 Å². The Morgan fingerprint density at radius 2 is 1.86 bits per heavy atom. The first-order valence-electron chi connectivity index (χ1n) is 9.09. The van der Waals surface area contributed by atoms with Gasteiger partial charge < -0.3 is 10.5 Å². The summed E-state index contributed by atoms with van der Waals surface area (Å²) in [6, 6.07) is 0.580. The van der Waals surface area contributed by atoms with Crippen LogP contribution in [0, 0.1) is 0 Å². The lowest BCUT2D eigenvalue weighted by molar-refractivity contribution is -0.0520.